The Balaban J connectivity index is 2.45. The molecular weight excluding hydrogens is 266 g/mol. The van der Waals surface area contributed by atoms with Gasteiger partial charge in [0.25, 0.3) is 0 Å². The van der Waals surface area contributed by atoms with E-state index >= 15 is 0 Å². The van der Waals surface area contributed by atoms with Crippen molar-refractivity contribution >= 4 is 5.78 Å². The highest BCUT2D eigenvalue weighted by Gasteiger charge is 2.26. The van der Waals surface area contributed by atoms with Crippen molar-refractivity contribution in [3.8, 4) is 11.5 Å². The molecular formula is C17H19NO3. The van der Waals surface area contributed by atoms with E-state index in [9.17, 15) is 4.79 Å². The summed E-state index contributed by atoms with van der Waals surface area (Å²) in [5.41, 5.74) is 0.872. The molecule has 0 fully saturated rings. The van der Waals surface area contributed by atoms with E-state index in [-0.39, 0.29) is 5.78 Å². The third-order valence-corrected chi connectivity index (χ3v) is 3.31. The lowest BCUT2D eigenvalue weighted by atomic mass is 9.99. The van der Waals surface area contributed by atoms with Crippen LogP contribution in [-0.2, 0) is 5.60 Å². The van der Waals surface area contributed by atoms with Gasteiger partial charge in [0.1, 0.15) is 5.60 Å². The lowest BCUT2D eigenvalue weighted by molar-refractivity contribution is 0.0936. The van der Waals surface area contributed by atoms with Crippen LogP contribution in [0.1, 0.15) is 36.7 Å². The zero-order valence-electron chi connectivity index (χ0n) is 12.7. The van der Waals surface area contributed by atoms with Crippen LogP contribution in [0.15, 0.2) is 42.7 Å². The second-order valence-corrected chi connectivity index (χ2v) is 5.24. The Hall–Kier alpha value is -2.36. The SMILES string of the molecule is COc1cccc(C(C)=O)c1OC(C)(C)c1ccncc1. The van der Waals surface area contributed by atoms with Crippen molar-refractivity contribution in [2.45, 2.75) is 26.4 Å². The molecule has 2 aromatic rings. The van der Waals surface area contributed by atoms with Crippen LogP contribution in [0.2, 0.25) is 0 Å². The van der Waals surface area contributed by atoms with Crippen LogP contribution in [0, 0.1) is 0 Å². The van der Waals surface area contributed by atoms with Crippen LogP contribution in [0.5, 0.6) is 11.5 Å². The number of ether oxygens (including phenoxy) is 2. The molecule has 2 rings (SSSR count). The summed E-state index contributed by atoms with van der Waals surface area (Å²) in [4.78, 5) is 15.8. The monoisotopic (exact) mass is 285 g/mol. The molecule has 0 bridgehead atoms. The maximum atomic E-state index is 11.8. The molecule has 0 radical (unpaired) electrons. The van der Waals surface area contributed by atoms with Gasteiger partial charge in [-0.15, -0.1) is 0 Å². The molecule has 4 heteroatoms. The summed E-state index contributed by atoms with van der Waals surface area (Å²) < 4.78 is 11.5. The molecule has 1 aromatic heterocycles. The Kier molecular flexibility index (Phi) is 4.26. The summed E-state index contributed by atoms with van der Waals surface area (Å²) in [5, 5.41) is 0. The number of hydrogen-bond acceptors (Lipinski definition) is 4. The van der Waals surface area contributed by atoms with Gasteiger partial charge in [0.2, 0.25) is 0 Å². The van der Waals surface area contributed by atoms with Gasteiger partial charge in [-0.3, -0.25) is 9.78 Å². The molecule has 1 aromatic carbocycles. The Morgan fingerprint density at radius 3 is 2.38 bits per heavy atom. The molecule has 0 spiro atoms. The minimum absolute atomic E-state index is 0.0607. The fraction of sp³-hybridized carbons (Fsp3) is 0.294. The summed E-state index contributed by atoms with van der Waals surface area (Å²) in [6.07, 6.45) is 3.43. The van der Waals surface area contributed by atoms with Crippen LogP contribution in [0.4, 0.5) is 0 Å². The Morgan fingerprint density at radius 1 is 1.14 bits per heavy atom. The van der Waals surface area contributed by atoms with E-state index in [4.69, 9.17) is 9.47 Å². The summed E-state index contributed by atoms with van der Waals surface area (Å²) in [6, 6.07) is 9.08. The van der Waals surface area contributed by atoms with Gasteiger partial charge in [-0.1, -0.05) is 6.07 Å². The third-order valence-electron chi connectivity index (χ3n) is 3.31. The van der Waals surface area contributed by atoms with E-state index in [0.29, 0.717) is 17.1 Å². The van der Waals surface area contributed by atoms with E-state index in [1.165, 1.54) is 6.92 Å². The van der Waals surface area contributed by atoms with Gasteiger partial charge in [0.15, 0.2) is 17.3 Å². The number of aromatic nitrogens is 1. The Labute approximate surface area is 124 Å². The number of carbonyl (C=O) groups is 1. The molecule has 0 atom stereocenters. The van der Waals surface area contributed by atoms with Crippen molar-refractivity contribution in [2.75, 3.05) is 7.11 Å². The zero-order valence-corrected chi connectivity index (χ0v) is 12.7. The van der Waals surface area contributed by atoms with Crippen LogP contribution >= 0.6 is 0 Å². The number of nitrogens with zero attached hydrogens (tertiary/aromatic N) is 1. The molecule has 1 heterocycles. The summed E-state index contributed by atoms with van der Waals surface area (Å²) in [7, 11) is 1.56. The van der Waals surface area contributed by atoms with Gasteiger partial charge in [0, 0.05) is 12.4 Å². The van der Waals surface area contributed by atoms with Crippen molar-refractivity contribution in [2.24, 2.45) is 0 Å². The summed E-state index contributed by atoms with van der Waals surface area (Å²) in [6.45, 7) is 5.40. The third kappa shape index (κ3) is 3.21. The number of pyridine rings is 1. The quantitative estimate of drug-likeness (QED) is 0.787. The minimum Gasteiger partial charge on any atom is -0.493 e. The number of Topliss-reactive ketones (excluding diaryl/α,β-unsaturated/α-hetero) is 1. The predicted molar refractivity (Wildman–Crippen MR) is 80.9 cm³/mol. The molecule has 21 heavy (non-hydrogen) atoms. The molecule has 110 valence electrons. The molecule has 4 nitrogen and oxygen atoms in total. The first-order chi connectivity index (χ1) is 9.95. The van der Waals surface area contributed by atoms with Crippen molar-refractivity contribution < 1.29 is 14.3 Å². The Bertz CT molecular complexity index is 636. The summed E-state index contributed by atoms with van der Waals surface area (Å²) >= 11 is 0. The highest BCUT2D eigenvalue weighted by Crippen LogP contribution is 2.37. The van der Waals surface area contributed by atoms with Crippen LogP contribution < -0.4 is 9.47 Å². The average Bonchev–Trinajstić information content (AvgIpc) is 2.47. The van der Waals surface area contributed by atoms with Gasteiger partial charge in [-0.05, 0) is 50.6 Å². The molecule has 0 aliphatic heterocycles. The molecule has 0 aliphatic carbocycles. The maximum absolute atomic E-state index is 11.8. The fourth-order valence-electron chi connectivity index (χ4n) is 2.13. The largest absolute Gasteiger partial charge is 0.493 e. The lowest BCUT2D eigenvalue weighted by Gasteiger charge is -2.28. The zero-order chi connectivity index (χ0) is 15.5. The second kappa shape index (κ2) is 5.95. The number of hydrogen-bond donors (Lipinski definition) is 0. The number of ketones is 1. The minimum atomic E-state index is -0.609. The molecule has 0 N–H and O–H groups in total. The summed E-state index contributed by atoms with van der Waals surface area (Å²) in [5.74, 6) is 0.952. The molecule has 0 unspecified atom stereocenters. The van der Waals surface area contributed by atoms with Crippen LogP contribution in [-0.4, -0.2) is 17.9 Å². The molecule has 0 saturated carbocycles. The van der Waals surface area contributed by atoms with Crippen LogP contribution in [0.25, 0.3) is 0 Å². The van der Waals surface area contributed by atoms with Gasteiger partial charge in [-0.2, -0.15) is 0 Å². The highest BCUT2D eigenvalue weighted by atomic mass is 16.5. The number of methoxy groups -OCH3 is 1. The predicted octanol–water partition coefficient (Wildman–Crippen LogP) is 3.61. The molecule has 0 aliphatic rings. The highest BCUT2D eigenvalue weighted by molar-refractivity contribution is 5.97. The molecule has 0 amide bonds. The van der Waals surface area contributed by atoms with Crippen molar-refractivity contribution in [3.05, 3.63) is 53.9 Å². The Morgan fingerprint density at radius 2 is 1.81 bits per heavy atom. The first-order valence-electron chi connectivity index (χ1n) is 6.73. The maximum Gasteiger partial charge on any atom is 0.173 e. The normalized spacial score (nSPS) is 11.0. The number of benzene rings is 1. The molecule has 0 saturated heterocycles. The van der Waals surface area contributed by atoms with Gasteiger partial charge in [0.05, 0.1) is 12.7 Å². The number of rotatable bonds is 5. The lowest BCUT2D eigenvalue weighted by Crippen LogP contribution is -2.26. The van der Waals surface area contributed by atoms with E-state index in [0.717, 1.165) is 5.56 Å². The standard InChI is InChI=1S/C17H19NO3/c1-12(19)14-6-5-7-15(20-4)16(14)21-17(2,3)13-8-10-18-11-9-13/h5-11H,1-4H3. The van der Waals surface area contributed by atoms with E-state index < -0.39 is 5.60 Å². The fourth-order valence-corrected chi connectivity index (χ4v) is 2.13. The van der Waals surface area contributed by atoms with Gasteiger partial charge in [-0.25, -0.2) is 0 Å². The smallest absolute Gasteiger partial charge is 0.173 e. The number of carbonyl (C=O) groups excluding carboxylic acids is 1. The van der Waals surface area contributed by atoms with Crippen molar-refractivity contribution in [1.82, 2.24) is 4.98 Å². The van der Waals surface area contributed by atoms with E-state index in [1.807, 2.05) is 26.0 Å². The van der Waals surface area contributed by atoms with E-state index in [1.54, 1.807) is 37.7 Å². The topological polar surface area (TPSA) is 48.4 Å². The van der Waals surface area contributed by atoms with Crippen molar-refractivity contribution in [1.29, 1.82) is 0 Å². The number of para-hydroxylation sites is 1. The van der Waals surface area contributed by atoms with Gasteiger partial charge >= 0.3 is 0 Å². The second-order valence-electron chi connectivity index (χ2n) is 5.24. The average molecular weight is 285 g/mol. The van der Waals surface area contributed by atoms with Crippen LogP contribution in [0.3, 0.4) is 0 Å². The first-order valence-corrected chi connectivity index (χ1v) is 6.73. The van der Waals surface area contributed by atoms with Crippen molar-refractivity contribution in [3.63, 3.8) is 0 Å². The van der Waals surface area contributed by atoms with E-state index in [2.05, 4.69) is 4.98 Å². The van der Waals surface area contributed by atoms with Gasteiger partial charge < -0.3 is 9.47 Å². The first kappa shape index (κ1) is 15.0.